The number of rotatable bonds is 7. The quantitative estimate of drug-likeness (QED) is 0.630. The fourth-order valence-corrected chi connectivity index (χ4v) is 2.84. The number of benzene rings is 2. The number of carbonyl (C=O) groups is 1. The van der Waals surface area contributed by atoms with Crippen LogP contribution in [0.25, 0.3) is 10.8 Å². The molecule has 140 valence electrons. The summed E-state index contributed by atoms with van der Waals surface area (Å²) in [6.45, 7) is 2.60. The van der Waals surface area contributed by atoms with Crippen LogP contribution in [0.5, 0.6) is 5.88 Å². The van der Waals surface area contributed by atoms with Crippen molar-refractivity contribution in [3.8, 4) is 5.88 Å². The Morgan fingerprint density at radius 1 is 1.07 bits per heavy atom. The highest BCUT2D eigenvalue weighted by Gasteiger charge is 2.22. The summed E-state index contributed by atoms with van der Waals surface area (Å²) in [5.41, 5.74) is 0.365. The summed E-state index contributed by atoms with van der Waals surface area (Å²) >= 11 is 0. The molecule has 0 aliphatic rings. The average molecular weight is 366 g/mol. The van der Waals surface area contributed by atoms with Crippen LogP contribution in [0, 0.1) is 0 Å². The predicted molar refractivity (Wildman–Crippen MR) is 104 cm³/mol. The van der Waals surface area contributed by atoms with E-state index in [9.17, 15) is 14.7 Å². The van der Waals surface area contributed by atoms with Crippen molar-refractivity contribution in [2.24, 2.45) is 0 Å². The molecule has 0 spiro atoms. The van der Waals surface area contributed by atoms with E-state index in [4.69, 9.17) is 4.84 Å². The molecule has 1 heterocycles. The van der Waals surface area contributed by atoms with Crippen molar-refractivity contribution in [1.29, 1.82) is 0 Å². The Labute approximate surface area is 157 Å². The van der Waals surface area contributed by atoms with E-state index in [0.29, 0.717) is 17.3 Å². The maximum atomic E-state index is 12.8. The molecule has 0 bridgehead atoms. The molecule has 0 aliphatic heterocycles. The van der Waals surface area contributed by atoms with Gasteiger partial charge in [0.15, 0.2) is 0 Å². The molecule has 3 rings (SSSR count). The first-order chi connectivity index (χ1) is 13.1. The number of amides is 1. The predicted octanol–water partition coefficient (Wildman–Crippen LogP) is 2.87. The van der Waals surface area contributed by atoms with Gasteiger partial charge >= 0.3 is 0 Å². The topological polar surface area (TPSA) is 80.6 Å². The standard InChI is InChI=1S/C21H22N2O4/c1-2-3-13-22-19(24)18-16-11-7-8-12-17(16)20(25)23(21(18)26)27-14-15-9-5-4-6-10-15/h4-12,26H,2-3,13-14H2,1H3,(H,22,24). The van der Waals surface area contributed by atoms with Crippen LogP contribution in [0.4, 0.5) is 0 Å². The number of fused-ring (bicyclic) bond motifs is 1. The lowest BCUT2D eigenvalue weighted by molar-refractivity contribution is 0.0699. The summed E-state index contributed by atoms with van der Waals surface area (Å²) in [4.78, 5) is 31.0. The number of carbonyl (C=O) groups excluding carboxylic acids is 1. The van der Waals surface area contributed by atoms with Crippen LogP contribution in [0.3, 0.4) is 0 Å². The van der Waals surface area contributed by atoms with Crippen molar-refractivity contribution < 1.29 is 14.7 Å². The molecule has 1 aromatic heterocycles. The maximum absolute atomic E-state index is 12.8. The van der Waals surface area contributed by atoms with Gasteiger partial charge in [0.1, 0.15) is 12.2 Å². The van der Waals surface area contributed by atoms with Crippen LogP contribution in [-0.4, -0.2) is 22.3 Å². The van der Waals surface area contributed by atoms with Gasteiger partial charge in [-0.15, -0.1) is 4.73 Å². The van der Waals surface area contributed by atoms with Crippen LogP contribution in [0.2, 0.25) is 0 Å². The Hall–Kier alpha value is -3.28. The van der Waals surface area contributed by atoms with E-state index in [0.717, 1.165) is 23.1 Å². The Bertz CT molecular complexity index is 996. The van der Waals surface area contributed by atoms with E-state index in [-0.39, 0.29) is 12.2 Å². The summed E-state index contributed by atoms with van der Waals surface area (Å²) < 4.78 is 0.796. The summed E-state index contributed by atoms with van der Waals surface area (Å²) in [5.74, 6) is -0.933. The average Bonchev–Trinajstić information content (AvgIpc) is 2.69. The monoisotopic (exact) mass is 366 g/mol. The summed E-state index contributed by atoms with van der Waals surface area (Å²) in [6.07, 6.45) is 1.77. The van der Waals surface area contributed by atoms with E-state index in [2.05, 4.69) is 5.32 Å². The van der Waals surface area contributed by atoms with Gasteiger partial charge in [0.25, 0.3) is 11.5 Å². The summed E-state index contributed by atoms with van der Waals surface area (Å²) in [5, 5.41) is 14.1. The number of hydrogen-bond donors (Lipinski definition) is 2. The number of unbranched alkanes of at least 4 members (excludes halogenated alkanes) is 1. The number of nitrogens with zero attached hydrogens (tertiary/aromatic N) is 1. The van der Waals surface area contributed by atoms with Crippen molar-refractivity contribution in [3.63, 3.8) is 0 Å². The normalized spacial score (nSPS) is 10.7. The Kier molecular flexibility index (Phi) is 5.76. The van der Waals surface area contributed by atoms with E-state index in [1.807, 2.05) is 37.3 Å². The second-order valence-electron chi connectivity index (χ2n) is 6.21. The first-order valence-corrected chi connectivity index (χ1v) is 8.95. The molecule has 3 aromatic rings. The molecule has 1 amide bonds. The third-order valence-corrected chi connectivity index (χ3v) is 4.27. The molecule has 0 saturated carbocycles. The molecule has 27 heavy (non-hydrogen) atoms. The van der Waals surface area contributed by atoms with Crippen molar-refractivity contribution in [1.82, 2.24) is 10.0 Å². The number of aromatic hydroxyl groups is 1. The van der Waals surface area contributed by atoms with Crippen LogP contribution in [-0.2, 0) is 6.61 Å². The van der Waals surface area contributed by atoms with Gasteiger partial charge in [-0.1, -0.05) is 61.9 Å². The molecule has 2 aromatic carbocycles. The van der Waals surface area contributed by atoms with Gasteiger partial charge in [0.05, 0.1) is 5.39 Å². The van der Waals surface area contributed by atoms with Gasteiger partial charge in [0.2, 0.25) is 5.88 Å². The second kappa shape index (κ2) is 8.40. The van der Waals surface area contributed by atoms with E-state index in [1.165, 1.54) is 0 Å². The number of hydrogen-bond acceptors (Lipinski definition) is 4. The maximum Gasteiger partial charge on any atom is 0.294 e. The molecule has 0 atom stereocenters. The van der Waals surface area contributed by atoms with Crippen molar-refractivity contribution in [2.45, 2.75) is 26.4 Å². The highest BCUT2D eigenvalue weighted by atomic mass is 16.7. The van der Waals surface area contributed by atoms with Gasteiger partial charge in [-0.25, -0.2) is 0 Å². The van der Waals surface area contributed by atoms with E-state index >= 15 is 0 Å². The molecular formula is C21H22N2O4. The van der Waals surface area contributed by atoms with E-state index < -0.39 is 17.3 Å². The fourth-order valence-electron chi connectivity index (χ4n) is 2.84. The summed E-state index contributed by atoms with van der Waals surface area (Å²) in [6, 6.07) is 16.0. The lowest BCUT2D eigenvalue weighted by Gasteiger charge is -2.15. The minimum absolute atomic E-state index is 0.0364. The first kappa shape index (κ1) is 18.5. The molecule has 6 heteroatoms. The zero-order valence-corrected chi connectivity index (χ0v) is 15.1. The first-order valence-electron chi connectivity index (χ1n) is 8.95. The SMILES string of the molecule is CCCCNC(=O)c1c(O)n(OCc2ccccc2)c(=O)c2ccccc12. The van der Waals surface area contributed by atoms with Crippen LogP contribution >= 0.6 is 0 Å². The molecular weight excluding hydrogens is 344 g/mol. The third-order valence-electron chi connectivity index (χ3n) is 4.27. The molecule has 0 saturated heterocycles. The fraction of sp³-hybridized carbons (Fsp3) is 0.238. The second-order valence-corrected chi connectivity index (χ2v) is 6.21. The number of aromatic nitrogens is 1. The van der Waals surface area contributed by atoms with Gasteiger partial charge in [-0.3, -0.25) is 9.59 Å². The third kappa shape index (κ3) is 3.95. The van der Waals surface area contributed by atoms with Crippen LogP contribution in [0.1, 0.15) is 35.7 Å². The highest BCUT2D eigenvalue weighted by Crippen LogP contribution is 2.24. The molecule has 0 unspecified atom stereocenters. The molecule has 6 nitrogen and oxygen atoms in total. The number of nitrogens with one attached hydrogen (secondary N) is 1. The van der Waals surface area contributed by atoms with Crippen molar-refractivity contribution in [2.75, 3.05) is 6.54 Å². The van der Waals surface area contributed by atoms with Gasteiger partial charge in [0, 0.05) is 11.9 Å². The minimum atomic E-state index is -0.510. The van der Waals surface area contributed by atoms with Crippen molar-refractivity contribution in [3.05, 3.63) is 76.1 Å². The lowest BCUT2D eigenvalue weighted by atomic mass is 10.1. The largest absolute Gasteiger partial charge is 0.492 e. The molecule has 0 radical (unpaired) electrons. The van der Waals surface area contributed by atoms with Crippen LogP contribution < -0.4 is 15.7 Å². The van der Waals surface area contributed by atoms with Gasteiger partial charge in [-0.05, 0) is 18.1 Å². The Balaban J connectivity index is 2.03. The zero-order valence-electron chi connectivity index (χ0n) is 15.1. The number of pyridine rings is 1. The van der Waals surface area contributed by atoms with Crippen molar-refractivity contribution >= 4 is 16.7 Å². The van der Waals surface area contributed by atoms with Gasteiger partial charge < -0.3 is 15.3 Å². The van der Waals surface area contributed by atoms with E-state index in [1.54, 1.807) is 24.3 Å². The smallest absolute Gasteiger partial charge is 0.294 e. The van der Waals surface area contributed by atoms with Crippen LogP contribution in [0.15, 0.2) is 59.4 Å². The zero-order chi connectivity index (χ0) is 19.2. The molecule has 0 aliphatic carbocycles. The Morgan fingerprint density at radius 3 is 2.44 bits per heavy atom. The lowest BCUT2D eigenvalue weighted by Crippen LogP contribution is -2.31. The Morgan fingerprint density at radius 2 is 1.74 bits per heavy atom. The molecule has 0 fully saturated rings. The summed E-state index contributed by atoms with van der Waals surface area (Å²) in [7, 11) is 0. The highest BCUT2D eigenvalue weighted by molar-refractivity contribution is 6.08. The van der Waals surface area contributed by atoms with Gasteiger partial charge in [-0.2, -0.15) is 0 Å². The molecule has 2 N–H and O–H groups in total. The minimum Gasteiger partial charge on any atom is -0.492 e.